The van der Waals surface area contributed by atoms with E-state index < -0.39 is 0 Å². The van der Waals surface area contributed by atoms with E-state index in [9.17, 15) is 9.59 Å². The van der Waals surface area contributed by atoms with E-state index in [1.807, 2.05) is 30.3 Å². The molecule has 27 heavy (non-hydrogen) atoms. The molecule has 1 heterocycles. The maximum absolute atomic E-state index is 12.3. The smallest absolute Gasteiger partial charge is 0.238 e. The lowest BCUT2D eigenvalue weighted by Crippen LogP contribution is -2.43. The molecule has 2 amide bonds. The summed E-state index contributed by atoms with van der Waals surface area (Å²) in [6.45, 7) is 2.39. The number of carbonyl (C=O) groups is 2. The standard InChI is InChI=1S/C21H24ClN3O2/c22-18-6-8-19(9-7-18)24-20(26)15-25-12-10-17(11-13-25)21(27)23-14-16-4-2-1-3-5-16/h1-9,17H,10-15H2,(H,23,27)(H,24,26). The Morgan fingerprint density at radius 3 is 2.33 bits per heavy atom. The number of rotatable bonds is 6. The molecule has 2 aromatic carbocycles. The highest BCUT2D eigenvalue weighted by Gasteiger charge is 2.25. The van der Waals surface area contributed by atoms with E-state index in [-0.39, 0.29) is 17.7 Å². The van der Waals surface area contributed by atoms with Crippen molar-refractivity contribution in [3.05, 3.63) is 65.2 Å². The lowest BCUT2D eigenvalue weighted by atomic mass is 9.96. The van der Waals surface area contributed by atoms with Gasteiger partial charge < -0.3 is 10.6 Å². The lowest BCUT2D eigenvalue weighted by Gasteiger charge is -2.30. The molecule has 0 unspecified atom stereocenters. The Hall–Kier alpha value is -2.37. The van der Waals surface area contributed by atoms with Gasteiger partial charge in [0.25, 0.3) is 0 Å². The summed E-state index contributed by atoms with van der Waals surface area (Å²) < 4.78 is 0. The van der Waals surface area contributed by atoms with Gasteiger partial charge in [-0.3, -0.25) is 14.5 Å². The molecule has 0 radical (unpaired) electrons. The van der Waals surface area contributed by atoms with Crippen LogP contribution in [0.5, 0.6) is 0 Å². The highest BCUT2D eigenvalue weighted by molar-refractivity contribution is 6.30. The molecule has 2 N–H and O–H groups in total. The SMILES string of the molecule is O=C(CN1CCC(C(=O)NCc2ccccc2)CC1)Nc1ccc(Cl)cc1. The van der Waals surface area contributed by atoms with Crippen LogP contribution in [-0.4, -0.2) is 36.3 Å². The third-order valence-corrected chi connectivity index (χ3v) is 5.02. The van der Waals surface area contributed by atoms with Gasteiger partial charge in [0.1, 0.15) is 0 Å². The van der Waals surface area contributed by atoms with Crippen molar-refractivity contribution in [1.29, 1.82) is 0 Å². The Bertz CT molecular complexity index is 757. The van der Waals surface area contributed by atoms with Gasteiger partial charge in [0.2, 0.25) is 11.8 Å². The van der Waals surface area contributed by atoms with E-state index in [1.165, 1.54) is 0 Å². The first-order valence-electron chi connectivity index (χ1n) is 9.19. The fourth-order valence-corrected chi connectivity index (χ4v) is 3.35. The van der Waals surface area contributed by atoms with Crippen LogP contribution in [0.3, 0.4) is 0 Å². The zero-order valence-corrected chi connectivity index (χ0v) is 15.9. The average Bonchev–Trinajstić information content (AvgIpc) is 2.69. The predicted molar refractivity (Wildman–Crippen MR) is 108 cm³/mol. The van der Waals surface area contributed by atoms with Gasteiger partial charge in [-0.2, -0.15) is 0 Å². The van der Waals surface area contributed by atoms with Crippen molar-refractivity contribution in [2.45, 2.75) is 19.4 Å². The summed E-state index contributed by atoms with van der Waals surface area (Å²) >= 11 is 5.85. The molecule has 0 bridgehead atoms. The number of nitrogens with zero attached hydrogens (tertiary/aromatic N) is 1. The van der Waals surface area contributed by atoms with Crippen LogP contribution in [0.15, 0.2) is 54.6 Å². The molecule has 6 heteroatoms. The number of nitrogens with one attached hydrogen (secondary N) is 2. The summed E-state index contributed by atoms with van der Waals surface area (Å²) in [4.78, 5) is 26.6. The van der Waals surface area contributed by atoms with Gasteiger partial charge in [-0.25, -0.2) is 0 Å². The third-order valence-electron chi connectivity index (χ3n) is 4.76. The number of hydrogen-bond donors (Lipinski definition) is 2. The van der Waals surface area contributed by atoms with E-state index >= 15 is 0 Å². The fraction of sp³-hybridized carbons (Fsp3) is 0.333. The Morgan fingerprint density at radius 1 is 1.00 bits per heavy atom. The highest BCUT2D eigenvalue weighted by atomic mass is 35.5. The van der Waals surface area contributed by atoms with Crippen LogP contribution in [0, 0.1) is 5.92 Å². The Morgan fingerprint density at radius 2 is 1.67 bits per heavy atom. The maximum Gasteiger partial charge on any atom is 0.238 e. The molecule has 3 rings (SSSR count). The molecular weight excluding hydrogens is 362 g/mol. The highest BCUT2D eigenvalue weighted by Crippen LogP contribution is 2.18. The van der Waals surface area contributed by atoms with E-state index in [1.54, 1.807) is 24.3 Å². The van der Waals surface area contributed by atoms with Crippen LogP contribution < -0.4 is 10.6 Å². The minimum atomic E-state index is -0.0516. The Labute approximate surface area is 164 Å². The van der Waals surface area contributed by atoms with Gasteiger partial charge in [0, 0.05) is 23.2 Å². The van der Waals surface area contributed by atoms with E-state index in [0.717, 1.165) is 37.2 Å². The van der Waals surface area contributed by atoms with Crippen molar-refractivity contribution in [1.82, 2.24) is 10.2 Å². The van der Waals surface area contributed by atoms with E-state index in [0.29, 0.717) is 18.1 Å². The minimum Gasteiger partial charge on any atom is -0.352 e. The first-order valence-corrected chi connectivity index (χ1v) is 9.57. The number of hydrogen-bond acceptors (Lipinski definition) is 3. The molecule has 0 aliphatic carbocycles. The molecule has 1 fully saturated rings. The number of anilines is 1. The first-order chi connectivity index (χ1) is 13.1. The summed E-state index contributed by atoms with van der Waals surface area (Å²) in [6.07, 6.45) is 1.55. The van der Waals surface area contributed by atoms with Crippen molar-refractivity contribution in [2.75, 3.05) is 25.0 Å². The van der Waals surface area contributed by atoms with Crippen LogP contribution in [0.4, 0.5) is 5.69 Å². The van der Waals surface area contributed by atoms with Crippen LogP contribution >= 0.6 is 11.6 Å². The molecule has 0 atom stereocenters. The summed E-state index contributed by atoms with van der Waals surface area (Å²) in [5.74, 6) is 0.0673. The van der Waals surface area contributed by atoms with Crippen molar-refractivity contribution >= 4 is 29.1 Å². The second-order valence-corrected chi connectivity index (χ2v) is 7.25. The molecule has 0 saturated carbocycles. The second kappa shape index (κ2) is 9.53. The first kappa shape index (κ1) is 19.4. The van der Waals surface area contributed by atoms with Gasteiger partial charge in [-0.15, -0.1) is 0 Å². The normalized spacial score (nSPS) is 15.3. The molecule has 0 aromatic heterocycles. The Kier molecular flexibility index (Phi) is 6.85. The lowest BCUT2D eigenvalue weighted by molar-refractivity contribution is -0.126. The molecule has 1 aliphatic heterocycles. The molecule has 1 saturated heterocycles. The van der Waals surface area contributed by atoms with Gasteiger partial charge in [0.05, 0.1) is 6.54 Å². The molecule has 0 spiro atoms. The van der Waals surface area contributed by atoms with Crippen molar-refractivity contribution in [3.8, 4) is 0 Å². The van der Waals surface area contributed by atoms with Crippen molar-refractivity contribution in [2.24, 2.45) is 5.92 Å². The van der Waals surface area contributed by atoms with Crippen molar-refractivity contribution in [3.63, 3.8) is 0 Å². The van der Waals surface area contributed by atoms with Gasteiger partial charge in [-0.05, 0) is 55.8 Å². The largest absolute Gasteiger partial charge is 0.352 e. The summed E-state index contributed by atoms with van der Waals surface area (Å²) in [5, 5.41) is 6.52. The van der Waals surface area contributed by atoms with Crippen LogP contribution in [0.1, 0.15) is 18.4 Å². The Balaban J connectivity index is 1.38. The quantitative estimate of drug-likeness (QED) is 0.802. The zero-order valence-electron chi connectivity index (χ0n) is 15.2. The number of carbonyl (C=O) groups excluding carboxylic acids is 2. The molecular formula is C21H24ClN3O2. The van der Waals surface area contributed by atoms with Gasteiger partial charge in [0.15, 0.2) is 0 Å². The number of piperidine rings is 1. The van der Waals surface area contributed by atoms with E-state index in [2.05, 4.69) is 15.5 Å². The van der Waals surface area contributed by atoms with Crippen LogP contribution in [-0.2, 0) is 16.1 Å². The van der Waals surface area contributed by atoms with Gasteiger partial charge in [-0.1, -0.05) is 41.9 Å². The number of halogens is 1. The topological polar surface area (TPSA) is 61.4 Å². The zero-order chi connectivity index (χ0) is 19.1. The summed E-state index contributed by atoms with van der Waals surface area (Å²) in [7, 11) is 0. The minimum absolute atomic E-state index is 0.0179. The second-order valence-electron chi connectivity index (χ2n) is 6.81. The number of benzene rings is 2. The number of amides is 2. The van der Waals surface area contributed by atoms with Crippen LogP contribution in [0.25, 0.3) is 0 Å². The van der Waals surface area contributed by atoms with Crippen LogP contribution in [0.2, 0.25) is 5.02 Å². The molecule has 5 nitrogen and oxygen atoms in total. The third kappa shape index (κ3) is 6.08. The molecule has 1 aliphatic rings. The average molecular weight is 386 g/mol. The summed E-state index contributed by atoms with van der Waals surface area (Å²) in [6, 6.07) is 17.0. The van der Waals surface area contributed by atoms with E-state index in [4.69, 9.17) is 11.6 Å². The molecule has 2 aromatic rings. The molecule has 142 valence electrons. The van der Waals surface area contributed by atoms with Gasteiger partial charge >= 0.3 is 0 Å². The predicted octanol–water partition coefficient (Wildman–Crippen LogP) is 3.31. The van der Waals surface area contributed by atoms with Crippen molar-refractivity contribution < 1.29 is 9.59 Å². The monoisotopic (exact) mass is 385 g/mol. The summed E-state index contributed by atoms with van der Waals surface area (Å²) in [5.41, 5.74) is 1.83. The maximum atomic E-state index is 12.3. The number of likely N-dealkylation sites (tertiary alicyclic amines) is 1. The fourth-order valence-electron chi connectivity index (χ4n) is 3.22.